The number of likely N-dealkylation sites (N-methyl/N-ethyl adjacent to an activating group) is 1. The predicted molar refractivity (Wildman–Crippen MR) is 93.4 cm³/mol. The van der Waals surface area contributed by atoms with Crippen LogP contribution < -0.4 is 10.2 Å². The molecule has 3 aliphatic rings. The van der Waals surface area contributed by atoms with Crippen LogP contribution in [0.15, 0.2) is 6.33 Å². The van der Waals surface area contributed by atoms with Crippen molar-refractivity contribution in [2.75, 3.05) is 64.3 Å². The second-order valence-corrected chi connectivity index (χ2v) is 7.25. The number of hydrogen-bond donors (Lipinski definition) is 2. The number of nitrogens with one attached hydrogen (secondary N) is 1. The molecular weight excluding hydrogens is 304 g/mol. The van der Waals surface area contributed by atoms with Crippen LogP contribution in [0.5, 0.6) is 0 Å². The molecule has 2 fully saturated rings. The van der Waals surface area contributed by atoms with Crippen LogP contribution in [0.25, 0.3) is 0 Å². The number of rotatable bonds is 2. The lowest BCUT2D eigenvalue weighted by Gasteiger charge is -2.37. The smallest absolute Gasteiger partial charge is 0.135 e. The first-order chi connectivity index (χ1) is 11.7. The Kier molecular flexibility index (Phi) is 4.67. The number of β-amino-alcohol motifs (C(OH)–C–C–N with tert-alkyl or cyclic N) is 1. The van der Waals surface area contributed by atoms with Gasteiger partial charge in [0.25, 0.3) is 0 Å². The highest BCUT2D eigenvalue weighted by Crippen LogP contribution is 2.27. The third kappa shape index (κ3) is 3.13. The number of aliphatic hydroxyl groups excluding tert-OH is 1. The lowest BCUT2D eigenvalue weighted by atomic mass is 10.1. The largest absolute Gasteiger partial charge is 0.390 e. The van der Waals surface area contributed by atoms with E-state index < -0.39 is 0 Å². The summed E-state index contributed by atoms with van der Waals surface area (Å²) in [6, 6.07) is 0.216. The summed E-state index contributed by atoms with van der Waals surface area (Å²) in [6.45, 7) is 7.74. The molecule has 0 aliphatic carbocycles. The Balaban J connectivity index is 1.52. The van der Waals surface area contributed by atoms with E-state index in [0.717, 1.165) is 64.5 Å². The quantitative estimate of drug-likeness (QED) is 0.717. The van der Waals surface area contributed by atoms with Crippen LogP contribution in [0.1, 0.15) is 11.3 Å². The van der Waals surface area contributed by atoms with E-state index in [9.17, 15) is 5.11 Å². The SMILES string of the molecule is CN1CCN([C@@H]2CN(c3ncnc4c3CCNCC4)C[C@H]2O)CC1. The molecule has 4 heterocycles. The van der Waals surface area contributed by atoms with Crippen LogP contribution in [0.2, 0.25) is 0 Å². The molecule has 132 valence electrons. The maximum absolute atomic E-state index is 10.6. The van der Waals surface area contributed by atoms with Crippen LogP contribution in [0, 0.1) is 0 Å². The van der Waals surface area contributed by atoms with Crippen molar-refractivity contribution in [2.24, 2.45) is 0 Å². The van der Waals surface area contributed by atoms with Crippen molar-refractivity contribution in [2.45, 2.75) is 25.0 Å². The maximum atomic E-state index is 10.6. The van der Waals surface area contributed by atoms with Crippen LogP contribution in [-0.4, -0.2) is 96.4 Å². The van der Waals surface area contributed by atoms with Crippen molar-refractivity contribution in [1.82, 2.24) is 25.1 Å². The molecule has 0 unspecified atom stereocenters. The number of aliphatic hydroxyl groups is 1. The van der Waals surface area contributed by atoms with E-state index in [1.807, 2.05) is 0 Å². The van der Waals surface area contributed by atoms with Crippen molar-refractivity contribution in [3.8, 4) is 0 Å². The van der Waals surface area contributed by atoms with Gasteiger partial charge in [-0.3, -0.25) is 4.90 Å². The van der Waals surface area contributed by atoms with Gasteiger partial charge in [-0.05, 0) is 20.0 Å². The van der Waals surface area contributed by atoms with E-state index in [2.05, 4.69) is 37.0 Å². The maximum Gasteiger partial charge on any atom is 0.135 e. The summed E-state index contributed by atoms with van der Waals surface area (Å²) < 4.78 is 0. The standard InChI is InChI=1S/C17H28N6O/c1-21-6-8-22(9-7-21)15-10-23(11-16(15)24)17-13-2-4-18-5-3-14(13)19-12-20-17/h12,15-16,18,24H,2-11H2,1H3/t15-,16-/m1/s1. The fourth-order valence-corrected chi connectivity index (χ4v) is 4.18. The molecule has 1 aromatic heterocycles. The summed E-state index contributed by atoms with van der Waals surface area (Å²) in [7, 11) is 2.17. The summed E-state index contributed by atoms with van der Waals surface area (Å²) >= 11 is 0. The molecule has 0 bridgehead atoms. The van der Waals surface area contributed by atoms with Gasteiger partial charge in [0.05, 0.1) is 17.8 Å². The molecule has 0 aromatic carbocycles. The average Bonchev–Trinajstić information content (AvgIpc) is 2.81. The van der Waals surface area contributed by atoms with Crippen molar-refractivity contribution < 1.29 is 5.11 Å². The number of anilines is 1. The third-order valence-corrected chi connectivity index (χ3v) is 5.67. The van der Waals surface area contributed by atoms with Crippen molar-refractivity contribution >= 4 is 5.82 Å². The first-order valence-electron chi connectivity index (χ1n) is 9.11. The summed E-state index contributed by atoms with van der Waals surface area (Å²) in [6.07, 6.45) is 3.32. The topological polar surface area (TPSA) is 67.8 Å². The molecule has 0 spiro atoms. The highest BCUT2D eigenvalue weighted by molar-refractivity contribution is 5.51. The molecule has 1 aromatic rings. The molecule has 2 saturated heterocycles. The number of fused-ring (bicyclic) bond motifs is 1. The molecule has 7 heteroatoms. The number of aromatic nitrogens is 2. The summed E-state index contributed by atoms with van der Waals surface area (Å²) in [5.74, 6) is 1.04. The van der Waals surface area contributed by atoms with Gasteiger partial charge in [-0.2, -0.15) is 0 Å². The predicted octanol–water partition coefficient (Wildman–Crippen LogP) is -1.04. The molecule has 0 saturated carbocycles. The molecule has 2 N–H and O–H groups in total. The summed E-state index contributed by atoms with van der Waals surface area (Å²) in [5, 5.41) is 14.1. The molecular formula is C17H28N6O. The minimum atomic E-state index is -0.303. The first kappa shape index (κ1) is 16.2. The first-order valence-corrected chi connectivity index (χ1v) is 9.11. The molecule has 0 amide bonds. The normalized spacial score (nSPS) is 29.5. The molecule has 7 nitrogen and oxygen atoms in total. The zero-order valence-electron chi connectivity index (χ0n) is 14.5. The zero-order chi connectivity index (χ0) is 16.5. The molecule has 2 atom stereocenters. The van der Waals surface area contributed by atoms with Crippen molar-refractivity contribution in [1.29, 1.82) is 0 Å². The van der Waals surface area contributed by atoms with Crippen molar-refractivity contribution in [3.63, 3.8) is 0 Å². The van der Waals surface area contributed by atoms with E-state index in [-0.39, 0.29) is 12.1 Å². The van der Waals surface area contributed by atoms with E-state index in [1.54, 1.807) is 6.33 Å². The number of piperazine rings is 1. The Labute approximate surface area is 143 Å². The Morgan fingerprint density at radius 2 is 1.88 bits per heavy atom. The summed E-state index contributed by atoms with van der Waals surface area (Å²) in [4.78, 5) is 16.2. The van der Waals surface area contributed by atoms with E-state index in [0.29, 0.717) is 6.54 Å². The minimum absolute atomic E-state index is 0.216. The van der Waals surface area contributed by atoms with Crippen molar-refractivity contribution in [3.05, 3.63) is 17.6 Å². The number of nitrogens with zero attached hydrogens (tertiary/aromatic N) is 5. The lowest BCUT2D eigenvalue weighted by Crippen LogP contribution is -2.52. The molecule has 0 radical (unpaired) electrons. The van der Waals surface area contributed by atoms with Gasteiger partial charge in [0.2, 0.25) is 0 Å². The van der Waals surface area contributed by atoms with Crippen LogP contribution in [0.4, 0.5) is 5.82 Å². The Morgan fingerprint density at radius 1 is 1.08 bits per heavy atom. The van der Waals surface area contributed by atoms with Crippen LogP contribution in [0.3, 0.4) is 0 Å². The highest BCUT2D eigenvalue weighted by Gasteiger charge is 2.38. The Morgan fingerprint density at radius 3 is 2.71 bits per heavy atom. The lowest BCUT2D eigenvalue weighted by molar-refractivity contribution is 0.0512. The fraction of sp³-hybridized carbons (Fsp3) is 0.765. The highest BCUT2D eigenvalue weighted by atomic mass is 16.3. The fourth-order valence-electron chi connectivity index (χ4n) is 4.18. The van der Waals surface area contributed by atoms with E-state index in [1.165, 1.54) is 11.3 Å². The second kappa shape index (κ2) is 6.92. The van der Waals surface area contributed by atoms with Gasteiger partial charge < -0.3 is 20.2 Å². The van der Waals surface area contributed by atoms with Crippen LogP contribution in [-0.2, 0) is 12.8 Å². The van der Waals surface area contributed by atoms with Gasteiger partial charge in [0, 0.05) is 57.8 Å². The minimum Gasteiger partial charge on any atom is -0.390 e. The van der Waals surface area contributed by atoms with Gasteiger partial charge in [-0.1, -0.05) is 0 Å². The number of hydrogen-bond acceptors (Lipinski definition) is 7. The average molecular weight is 332 g/mol. The van der Waals surface area contributed by atoms with Gasteiger partial charge >= 0.3 is 0 Å². The Hall–Kier alpha value is -1.28. The second-order valence-electron chi connectivity index (χ2n) is 7.25. The van der Waals surface area contributed by atoms with E-state index >= 15 is 0 Å². The van der Waals surface area contributed by atoms with Gasteiger partial charge in [0.1, 0.15) is 12.1 Å². The molecule has 4 rings (SSSR count). The van der Waals surface area contributed by atoms with Crippen LogP contribution >= 0.6 is 0 Å². The summed E-state index contributed by atoms with van der Waals surface area (Å²) in [5.41, 5.74) is 2.44. The van der Waals surface area contributed by atoms with Gasteiger partial charge in [-0.25, -0.2) is 9.97 Å². The molecule has 3 aliphatic heterocycles. The Bertz CT molecular complexity index is 574. The monoisotopic (exact) mass is 332 g/mol. The zero-order valence-corrected chi connectivity index (χ0v) is 14.5. The van der Waals surface area contributed by atoms with E-state index in [4.69, 9.17) is 0 Å². The third-order valence-electron chi connectivity index (χ3n) is 5.67. The van der Waals surface area contributed by atoms with Gasteiger partial charge in [0.15, 0.2) is 0 Å². The van der Waals surface area contributed by atoms with Gasteiger partial charge in [-0.15, -0.1) is 0 Å². The molecule has 24 heavy (non-hydrogen) atoms.